The number of alkyl halides is 3. The van der Waals surface area contributed by atoms with E-state index in [9.17, 15) is 18.0 Å². The van der Waals surface area contributed by atoms with Gasteiger partial charge in [0, 0.05) is 25.8 Å². The zero-order valence-electron chi connectivity index (χ0n) is 12.0. The number of halogens is 3. The first-order valence-corrected chi connectivity index (χ1v) is 6.38. The van der Waals surface area contributed by atoms with E-state index >= 15 is 0 Å². The van der Waals surface area contributed by atoms with E-state index < -0.39 is 17.6 Å². The van der Waals surface area contributed by atoms with Crippen molar-refractivity contribution in [2.45, 2.75) is 32.5 Å². The fraction of sp³-hybridized carbons (Fsp3) is 0.500. The molecule has 3 nitrogen and oxygen atoms in total. The van der Waals surface area contributed by atoms with E-state index in [1.807, 2.05) is 13.8 Å². The van der Waals surface area contributed by atoms with Crippen molar-refractivity contribution in [3.63, 3.8) is 0 Å². The molecule has 1 atom stereocenters. The van der Waals surface area contributed by atoms with Crippen molar-refractivity contribution in [2.75, 3.05) is 19.4 Å². The van der Waals surface area contributed by atoms with Crippen molar-refractivity contribution in [1.29, 1.82) is 0 Å². The second-order valence-corrected chi connectivity index (χ2v) is 4.68. The third kappa shape index (κ3) is 3.43. The average Bonchev–Trinajstić information content (AvgIpc) is 2.43. The lowest BCUT2D eigenvalue weighted by Gasteiger charge is -2.25. The SMILES string of the molecule is CCC(C)N(C)C(=O)c1cc(C(F)(F)F)ccc1NC. The normalized spacial score (nSPS) is 12.9. The monoisotopic (exact) mass is 288 g/mol. The molecule has 0 aliphatic rings. The summed E-state index contributed by atoms with van der Waals surface area (Å²) in [4.78, 5) is 13.8. The molecule has 0 radical (unpaired) electrons. The maximum atomic E-state index is 12.7. The van der Waals surface area contributed by atoms with Crippen molar-refractivity contribution in [3.05, 3.63) is 29.3 Å². The molecule has 0 aliphatic heterocycles. The van der Waals surface area contributed by atoms with Crippen LogP contribution in [0.5, 0.6) is 0 Å². The van der Waals surface area contributed by atoms with E-state index in [2.05, 4.69) is 5.32 Å². The topological polar surface area (TPSA) is 32.3 Å². The molecule has 1 aromatic carbocycles. The van der Waals surface area contributed by atoms with E-state index in [4.69, 9.17) is 0 Å². The maximum Gasteiger partial charge on any atom is 0.416 e. The van der Waals surface area contributed by atoms with Crippen LogP contribution in [0, 0.1) is 0 Å². The van der Waals surface area contributed by atoms with Gasteiger partial charge in [0.15, 0.2) is 0 Å². The van der Waals surface area contributed by atoms with Crippen LogP contribution in [0.2, 0.25) is 0 Å². The lowest BCUT2D eigenvalue weighted by Crippen LogP contribution is -2.35. The minimum Gasteiger partial charge on any atom is -0.387 e. The predicted octanol–water partition coefficient (Wildman–Crippen LogP) is 3.62. The Labute approximate surface area is 116 Å². The lowest BCUT2D eigenvalue weighted by atomic mass is 10.1. The van der Waals surface area contributed by atoms with E-state index in [-0.39, 0.29) is 11.6 Å². The second-order valence-electron chi connectivity index (χ2n) is 4.68. The van der Waals surface area contributed by atoms with Crippen LogP contribution in [0.4, 0.5) is 18.9 Å². The summed E-state index contributed by atoms with van der Waals surface area (Å²) in [6.45, 7) is 3.77. The Kier molecular flexibility index (Phi) is 5.03. The predicted molar refractivity (Wildman–Crippen MR) is 72.8 cm³/mol. The van der Waals surface area contributed by atoms with Crippen LogP contribution in [0.15, 0.2) is 18.2 Å². The molecule has 0 fully saturated rings. The number of carbonyl (C=O) groups is 1. The summed E-state index contributed by atoms with van der Waals surface area (Å²) in [5, 5.41) is 2.75. The summed E-state index contributed by atoms with van der Waals surface area (Å²) in [7, 11) is 3.17. The Morgan fingerprint density at radius 2 is 2.00 bits per heavy atom. The number of rotatable bonds is 4. The van der Waals surface area contributed by atoms with E-state index in [0.29, 0.717) is 5.69 Å². The second kappa shape index (κ2) is 6.15. The molecule has 20 heavy (non-hydrogen) atoms. The highest BCUT2D eigenvalue weighted by atomic mass is 19.4. The summed E-state index contributed by atoms with van der Waals surface area (Å²) < 4.78 is 38.2. The van der Waals surface area contributed by atoms with E-state index in [1.165, 1.54) is 11.0 Å². The van der Waals surface area contributed by atoms with Crippen LogP contribution in [-0.2, 0) is 6.18 Å². The van der Waals surface area contributed by atoms with Crippen molar-refractivity contribution >= 4 is 11.6 Å². The van der Waals surface area contributed by atoms with Gasteiger partial charge in [-0.3, -0.25) is 4.79 Å². The average molecular weight is 288 g/mol. The number of nitrogens with one attached hydrogen (secondary N) is 1. The van der Waals surface area contributed by atoms with Crippen LogP contribution >= 0.6 is 0 Å². The van der Waals surface area contributed by atoms with Gasteiger partial charge in [-0.05, 0) is 31.5 Å². The van der Waals surface area contributed by atoms with E-state index in [0.717, 1.165) is 18.6 Å². The summed E-state index contributed by atoms with van der Waals surface area (Å²) in [5.41, 5.74) is -0.402. The first kappa shape index (κ1) is 16.3. The van der Waals surface area contributed by atoms with Gasteiger partial charge in [-0.25, -0.2) is 0 Å². The number of hydrogen-bond donors (Lipinski definition) is 1. The van der Waals surface area contributed by atoms with Gasteiger partial charge in [0.1, 0.15) is 0 Å². The van der Waals surface area contributed by atoms with E-state index in [1.54, 1.807) is 14.1 Å². The zero-order valence-corrected chi connectivity index (χ0v) is 12.0. The van der Waals surface area contributed by atoms with Crippen molar-refractivity contribution in [1.82, 2.24) is 4.90 Å². The molecule has 0 saturated heterocycles. The zero-order chi connectivity index (χ0) is 15.5. The summed E-state index contributed by atoms with van der Waals surface area (Å²) in [5.74, 6) is -0.421. The van der Waals surface area contributed by atoms with Gasteiger partial charge in [-0.1, -0.05) is 6.92 Å². The van der Waals surface area contributed by atoms with Gasteiger partial charge in [0.25, 0.3) is 5.91 Å². The molecule has 0 saturated carbocycles. The standard InChI is InChI=1S/C14H19F3N2O/c1-5-9(2)19(4)13(20)11-8-10(14(15,16)17)6-7-12(11)18-3/h6-9,18H,5H2,1-4H3. The fourth-order valence-corrected chi connectivity index (χ4v) is 1.78. The summed E-state index contributed by atoms with van der Waals surface area (Å²) in [6.07, 6.45) is -3.73. The minimum absolute atomic E-state index is 0.0325. The first-order chi connectivity index (χ1) is 9.22. The molecule has 0 aromatic heterocycles. The Bertz CT molecular complexity index is 486. The largest absolute Gasteiger partial charge is 0.416 e. The number of carbonyl (C=O) groups excluding carboxylic acids is 1. The van der Waals surface area contributed by atoms with Gasteiger partial charge in [-0.2, -0.15) is 13.2 Å². The third-order valence-corrected chi connectivity index (χ3v) is 3.42. The molecular formula is C14H19F3N2O. The van der Waals surface area contributed by atoms with Crippen molar-refractivity contribution in [2.24, 2.45) is 0 Å². The van der Waals surface area contributed by atoms with Gasteiger partial charge in [0.2, 0.25) is 0 Å². The van der Waals surface area contributed by atoms with Crippen LogP contribution < -0.4 is 5.32 Å². The molecule has 0 heterocycles. The number of amides is 1. The molecule has 0 bridgehead atoms. The highest BCUT2D eigenvalue weighted by Crippen LogP contribution is 2.32. The third-order valence-electron chi connectivity index (χ3n) is 3.42. The van der Waals surface area contributed by atoms with Gasteiger partial charge in [-0.15, -0.1) is 0 Å². The molecule has 0 spiro atoms. The van der Waals surface area contributed by atoms with Crippen LogP contribution in [0.25, 0.3) is 0 Å². The number of hydrogen-bond acceptors (Lipinski definition) is 2. The smallest absolute Gasteiger partial charge is 0.387 e. The molecule has 1 amide bonds. The highest BCUT2D eigenvalue weighted by Gasteiger charge is 2.32. The molecule has 0 aliphatic carbocycles. The Balaban J connectivity index is 3.24. The van der Waals surface area contributed by atoms with Gasteiger partial charge < -0.3 is 10.2 Å². The molecule has 1 aromatic rings. The Morgan fingerprint density at radius 1 is 1.40 bits per heavy atom. The molecule has 6 heteroatoms. The molecule has 1 N–H and O–H groups in total. The maximum absolute atomic E-state index is 12.7. The Hall–Kier alpha value is -1.72. The van der Waals surface area contributed by atoms with Crippen LogP contribution in [0.1, 0.15) is 36.2 Å². The first-order valence-electron chi connectivity index (χ1n) is 6.38. The Morgan fingerprint density at radius 3 is 2.45 bits per heavy atom. The highest BCUT2D eigenvalue weighted by molar-refractivity contribution is 5.99. The molecule has 1 rings (SSSR count). The number of nitrogens with zero attached hydrogens (tertiary/aromatic N) is 1. The van der Waals surface area contributed by atoms with Crippen molar-refractivity contribution < 1.29 is 18.0 Å². The van der Waals surface area contributed by atoms with Crippen molar-refractivity contribution in [3.8, 4) is 0 Å². The molecular weight excluding hydrogens is 269 g/mol. The summed E-state index contributed by atoms with van der Waals surface area (Å²) >= 11 is 0. The van der Waals surface area contributed by atoms with Gasteiger partial charge in [0.05, 0.1) is 11.1 Å². The molecule has 1 unspecified atom stereocenters. The lowest BCUT2D eigenvalue weighted by molar-refractivity contribution is -0.137. The van der Waals surface area contributed by atoms with Gasteiger partial charge >= 0.3 is 6.18 Å². The fourth-order valence-electron chi connectivity index (χ4n) is 1.78. The van der Waals surface area contributed by atoms with Crippen LogP contribution in [0.3, 0.4) is 0 Å². The molecule has 112 valence electrons. The van der Waals surface area contributed by atoms with Crippen LogP contribution in [-0.4, -0.2) is 30.9 Å². The quantitative estimate of drug-likeness (QED) is 0.917. The number of benzene rings is 1. The minimum atomic E-state index is -4.46. The summed E-state index contributed by atoms with van der Waals surface area (Å²) in [6, 6.07) is 3.10. The number of anilines is 1.